The smallest absolute Gasteiger partial charge is 0.167 e. The van der Waals surface area contributed by atoms with Gasteiger partial charge in [0.1, 0.15) is 17.9 Å². The van der Waals surface area contributed by atoms with Crippen molar-refractivity contribution in [2.45, 2.75) is 36.4 Å². The van der Waals surface area contributed by atoms with Crippen molar-refractivity contribution in [3.63, 3.8) is 0 Å². The maximum absolute atomic E-state index is 10.8. The summed E-state index contributed by atoms with van der Waals surface area (Å²) in [5, 5.41) is 10.8. The van der Waals surface area contributed by atoms with Crippen LogP contribution in [-0.2, 0) is 10.5 Å². The van der Waals surface area contributed by atoms with E-state index in [1.54, 1.807) is 22.7 Å². The van der Waals surface area contributed by atoms with Crippen molar-refractivity contribution in [2.24, 2.45) is 0 Å². The van der Waals surface area contributed by atoms with Crippen molar-refractivity contribution in [1.29, 1.82) is 0 Å². The van der Waals surface area contributed by atoms with Gasteiger partial charge >= 0.3 is 0 Å². The first-order valence-corrected chi connectivity index (χ1v) is 9.12. The molecule has 0 radical (unpaired) electrons. The average Bonchev–Trinajstić information content (AvgIpc) is 3.16. The summed E-state index contributed by atoms with van der Waals surface area (Å²) in [5.41, 5.74) is 8.15. The quantitative estimate of drug-likeness (QED) is 0.736. The molecular weight excluding hydrogens is 338 g/mol. The van der Waals surface area contributed by atoms with E-state index in [9.17, 15) is 5.11 Å². The highest BCUT2D eigenvalue weighted by atomic mass is 32.2. The number of fused-ring (bicyclic) bond motifs is 1. The molecule has 0 amide bonds. The Balaban J connectivity index is 1.55. The predicted octanol–water partition coefficient (Wildman–Crippen LogP) is 1.99. The lowest BCUT2D eigenvalue weighted by atomic mass is 10.2. The minimum atomic E-state index is -0.669. The van der Waals surface area contributed by atoms with Crippen molar-refractivity contribution < 1.29 is 9.84 Å². The zero-order valence-electron chi connectivity index (χ0n) is 13.7. The van der Waals surface area contributed by atoms with Crippen LogP contribution in [0.1, 0.15) is 18.7 Å². The topological polar surface area (TPSA) is 99.1 Å². The molecule has 0 bridgehead atoms. The molecule has 1 aliphatic rings. The summed E-state index contributed by atoms with van der Waals surface area (Å²) in [6, 6.07) is 10.2. The van der Waals surface area contributed by atoms with Gasteiger partial charge in [-0.1, -0.05) is 30.3 Å². The molecule has 1 aliphatic heterocycles. The molecule has 3 aromatic rings. The molecule has 2 aromatic heterocycles. The summed E-state index contributed by atoms with van der Waals surface area (Å²) in [6.07, 6.45) is 1.69. The van der Waals surface area contributed by atoms with Crippen LogP contribution in [0.3, 0.4) is 0 Å². The van der Waals surface area contributed by atoms with Gasteiger partial charge in [0, 0.05) is 5.75 Å². The second kappa shape index (κ2) is 6.62. The fourth-order valence-electron chi connectivity index (χ4n) is 3.10. The average molecular weight is 357 g/mol. The van der Waals surface area contributed by atoms with Crippen LogP contribution in [0.15, 0.2) is 43.0 Å². The maximum Gasteiger partial charge on any atom is 0.167 e. The largest absolute Gasteiger partial charge is 0.387 e. The highest BCUT2D eigenvalue weighted by molar-refractivity contribution is 7.99. The Kier molecular flexibility index (Phi) is 4.32. The number of aliphatic hydroxyl groups is 1. The highest BCUT2D eigenvalue weighted by Crippen LogP contribution is 2.38. The third-order valence-electron chi connectivity index (χ3n) is 4.39. The molecule has 1 saturated heterocycles. The summed E-state index contributed by atoms with van der Waals surface area (Å²) >= 11 is 1.70. The number of hydrogen-bond acceptors (Lipinski definition) is 7. The van der Waals surface area contributed by atoms with Crippen LogP contribution in [0.2, 0.25) is 0 Å². The summed E-state index contributed by atoms with van der Waals surface area (Å²) in [6.45, 7) is 1.98. The Morgan fingerprint density at radius 1 is 1.24 bits per heavy atom. The highest BCUT2D eigenvalue weighted by Gasteiger charge is 2.43. The Labute approximate surface area is 149 Å². The molecule has 1 aromatic carbocycles. The van der Waals surface area contributed by atoms with Crippen LogP contribution >= 0.6 is 11.8 Å². The number of aromatic nitrogens is 4. The number of hydrogen-bond donors (Lipinski definition) is 2. The van der Waals surface area contributed by atoms with E-state index in [-0.39, 0.29) is 11.4 Å². The minimum absolute atomic E-state index is 0.0400. The van der Waals surface area contributed by atoms with Gasteiger partial charge < -0.3 is 15.6 Å². The van der Waals surface area contributed by atoms with E-state index < -0.39 is 12.3 Å². The van der Waals surface area contributed by atoms with Crippen LogP contribution in [0.25, 0.3) is 11.2 Å². The van der Waals surface area contributed by atoms with Gasteiger partial charge in [-0.05, 0) is 12.5 Å². The number of rotatable bonds is 4. The molecule has 3 N–H and O–H groups in total. The molecule has 3 heterocycles. The van der Waals surface area contributed by atoms with Crippen molar-refractivity contribution in [3.8, 4) is 0 Å². The van der Waals surface area contributed by atoms with Gasteiger partial charge in [0.2, 0.25) is 0 Å². The number of ether oxygens (including phenoxy) is 1. The number of anilines is 1. The predicted molar refractivity (Wildman–Crippen MR) is 96.9 cm³/mol. The lowest BCUT2D eigenvalue weighted by Crippen LogP contribution is -2.28. The number of nitrogen functional groups attached to an aromatic ring is 1. The third kappa shape index (κ3) is 2.97. The van der Waals surface area contributed by atoms with Crippen LogP contribution < -0.4 is 5.73 Å². The fourth-order valence-corrected chi connectivity index (χ4v) is 4.35. The number of benzene rings is 1. The van der Waals surface area contributed by atoms with Gasteiger partial charge in [-0.25, -0.2) is 15.0 Å². The van der Waals surface area contributed by atoms with Gasteiger partial charge in [0.25, 0.3) is 0 Å². The summed E-state index contributed by atoms with van der Waals surface area (Å²) in [4.78, 5) is 12.4. The van der Waals surface area contributed by atoms with E-state index in [1.165, 1.54) is 11.9 Å². The van der Waals surface area contributed by atoms with Gasteiger partial charge in [-0.2, -0.15) is 0 Å². The van der Waals surface area contributed by atoms with Crippen molar-refractivity contribution in [2.75, 3.05) is 5.73 Å². The molecule has 1 fully saturated rings. The monoisotopic (exact) mass is 357 g/mol. The van der Waals surface area contributed by atoms with E-state index in [4.69, 9.17) is 10.5 Å². The lowest BCUT2D eigenvalue weighted by Gasteiger charge is -2.18. The van der Waals surface area contributed by atoms with E-state index in [1.807, 2.05) is 25.1 Å². The summed E-state index contributed by atoms with van der Waals surface area (Å²) < 4.78 is 7.75. The molecule has 4 atom stereocenters. The maximum atomic E-state index is 10.8. The number of nitrogens with zero attached hydrogens (tertiary/aromatic N) is 4. The minimum Gasteiger partial charge on any atom is -0.387 e. The SMILES string of the molecule is CC1OC(n2cnc3c(N)ncnc32)C(O)C1SCc1ccccc1. The summed E-state index contributed by atoms with van der Waals surface area (Å²) in [5.74, 6) is 1.14. The van der Waals surface area contributed by atoms with Crippen LogP contribution in [0.4, 0.5) is 5.82 Å². The molecule has 4 rings (SSSR count). The standard InChI is InChI=1S/C17H19N5O2S/c1-10-14(25-7-11-5-3-2-4-6-11)13(23)17(24-10)22-9-21-12-15(18)19-8-20-16(12)22/h2-6,8-10,13-14,17,23H,7H2,1H3,(H2,18,19,20). The van der Waals surface area contributed by atoms with Crippen LogP contribution in [0, 0.1) is 0 Å². The zero-order chi connectivity index (χ0) is 17.4. The lowest BCUT2D eigenvalue weighted by molar-refractivity contribution is -0.0297. The molecule has 0 saturated carbocycles. The Morgan fingerprint density at radius 3 is 2.84 bits per heavy atom. The fraction of sp³-hybridized carbons (Fsp3) is 0.353. The number of aliphatic hydroxyl groups excluding tert-OH is 1. The van der Waals surface area contributed by atoms with Gasteiger partial charge in [-0.3, -0.25) is 4.57 Å². The molecule has 25 heavy (non-hydrogen) atoms. The molecule has 130 valence electrons. The van der Waals surface area contributed by atoms with Gasteiger partial charge in [0.05, 0.1) is 17.7 Å². The molecule has 8 heteroatoms. The van der Waals surface area contributed by atoms with Crippen LogP contribution in [-0.4, -0.2) is 42.1 Å². The van der Waals surface area contributed by atoms with Crippen LogP contribution in [0.5, 0.6) is 0 Å². The molecular formula is C17H19N5O2S. The number of thioether (sulfide) groups is 1. The molecule has 0 spiro atoms. The normalized spacial score (nSPS) is 26.3. The number of nitrogens with two attached hydrogens (primary N) is 1. The van der Waals surface area contributed by atoms with E-state index in [2.05, 4.69) is 27.1 Å². The first-order chi connectivity index (χ1) is 12.1. The Bertz CT molecular complexity index is 872. The molecule has 7 nitrogen and oxygen atoms in total. The van der Waals surface area contributed by atoms with Crippen molar-refractivity contribution in [1.82, 2.24) is 19.5 Å². The van der Waals surface area contributed by atoms with Crippen molar-refractivity contribution >= 4 is 28.7 Å². The molecule has 4 unspecified atom stereocenters. The second-order valence-corrected chi connectivity index (χ2v) is 7.23. The third-order valence-corrected chi connectivity index (χ3v) is 5.94. The first kappa shape index (κ1) is 16.3. The van der Waals surface area contributed by atoms with Crippen molar-refractivity contribution in [3.05, 3.63) is 48.5 Å². The van der Waals surface area contributed by atoms with Gasteiger partial charge in [-0.15, -0.1) is 11.8 Å². The van der Waals surface area contributed by atoms with E-state index in [0.717, 1.165) is 5.75 Å². The second-order valence-electron chi connectivity index (χ2n) is 6.07. The Hall–Kier alpha value is -2.16. The zero-order valence-corrected chi connectivity index (χ0v) is 14.5. The first-order valence-electron chi connectivity index (χ1n) is 8.07. The van der Waals surface area contributed by atoms with E-state index >= 15 is 0 Å². The van der Waals surface area contributed by atoms with E-state index in [0.29, 0.717) is 17.0 Å². The van der Waals surface area contributed by atoms with Gasteiger partial charge in [0.15, 0.2) is 17.7 Å². The molecule has 0 aliphatic carbocycles. The summed E-state index contributed by atoms with van der Waals surface area (Å²) in [7, 11) is 0. The Morgan fingerprint density at radius 2 is 2.04 bits per heavy atom. The number of imidazole rings is 1.